The standard InChI is InChI=1S/C14H19I/c1-4-6-7-12-8-13(11(3)5-2)10-14(15)9-12/h5,8-11H,2,4,6-7H2,1,3H3. The summed E-state index contributed by atoms with van der Waals surface area (Å²) in [6.07, 6.45) is 5.75. The molecule has 0 heterocycles. The smallest absolute Gasteiger partial charge is 0.0136 e. The molecule has 0 aliphatic heterocycles. The predicted molar refractivity (Wildman–Crippen MR) is 76.4 cm³/mol. The van der Waals surface area contributed by atoms with Crippen molar-refractivity contribution in [3.63, 3.8) is 0 Å². The van der Waals surface area contributed by atoms with Gasteiger partial charge in [0.1, 0.15) is 0 Å². The van der Waals surface area contributed by atoms with Gasteiger partial charge < -0.3 is 0 Å². The number of hydrogen-bond acceptors (Lipinski definition) is 0. The molecule has 0 aliphatic rings. The molecular formula is C14H19I. The van der Waals surface area contributed by atoms with E-state index in [0.717, 1.165) is 0 Å². The van der Waals surface area contributed by atoms with E-state index in [9.17, 15) is 0 Å². The molecule has 0 nitrogen and oxygen atoms in total. The van der Waals surface area contributed by atoms with E-state index in [2.05, 4.69) is 61.2 Å². The second-order valence-electron chi connectivity index (χ2n) is 4.02. The first-order valence-corrected chi connectivity index (χ1v) is 6.67. The van der Waals surface area contributed by atoms with E-state index in [-0.39, 0.29) is 0 Å². The van der Waals surface area contributed by atoms with Crippen LogP contribution in [0.4, 0.5) is 0 Å². The van der Waals surface area contributed by atoms with Gasteiger partial charge in [-0.25, -0.2) is 0 Å². The summed E-state index contributed by atoms with van der Waals surface area (Å²) in [6.45, 7) is 8.29. The molecule has 0 radical (unpaired) electrons. The second kappa shape index (κ2) is 6.31. The summed E-state index contributed by atoms with van der Waals surface area (Å²) in [4.78, 5) is 0. The Balaban J connectivity index is 2.89. The SMILES string of the molecule is C=CC(C)c1cc(I)cc(CCCC)c1. The van der Waals surface area contributed by atoms with Crippen molar-refractivity contribution >= 4 is 22.6 Å². The van der Waals surface area contributed by atoms with E-state index >= 15 is 0 Å². The van der Waals surface area contributed by atoms with Crippen LogP contribution in [-0.2, 0) is 6.42 Å². The van der Waals surface area contributed by atoms with Crippen molar-refractivity contribution in [3.05, 3.63) is 45.6 Å². The molecule has 0 amide bonds. The fourth-order valence-corrected chi connectivity index (χ4v) is 2.36. The summed E-state index contributed by atoms with van der Waals surface area (Å²) in [6, 6.07) is 6.86. The Morgan fingerprint density at radius 3 is 2.73 bits per heavy atom. The van der Waals surface area contributed by atoms with Crippen molar-refractivity contribution in [1.82, 2.24) is 0 Å². The van der Waals surface area contributed by atoms with E-state index in [1.54, 1.807) is 0 Å². The van der Waals surface area contributed by atoms with E-state index in [1.165, 1.54) is 34.0 Å². The van der Waals surface area contributed by atoms with Gasteiger partial charge in [0.05, 0.1) is 0 Å². The minimum atomic E-state index is 0.458. The van der Waals surface area contributed by atoms with Crippen LogP contribution in [0.3, 0.4) is 0 Å². The number of aryl methyl sites for hydroxylation is 1. The monoisotopic (exact) mass is 314 g/mol. The van der Waals surface area contributed by atoms with Gasteiger partial charge in [0, 0.05) is 3.57 Å². The Morgan fingerprint density at radius 1 is 1.40 bits per heavy atom. The number of halogens is 1. The Labute approximate surface area is 107 Å². The Hall–Kier alpha value is -0.310. The quantitative estimate of drug-likeness (QED) is 0.534. The zero-order valence-electron chi connectivity index (χ0n) is 9.59. The molecule has 0 N–H and O–H groups in total. The molecule has 0 bridgehead atoms. The van der Waals surface area contributed by atoms with Gasteiger partial charge in [-0.1, -0.05) is 32.4 Å². The van der Waals surface area contributed by atoms with Crippen LogP contribution in [0.5, 0.6) is 0 Å². The topological polar surface area (TPSA) is 0 Å². The van der Waals surface area contributed by atoms with Crippen LogP contribution in [0.15, 0.2) is 30.9 Å². The lowest BCUT2D eigenvalue weighted by molar-refractivity contribution is 0.792. The first-order chi connectivity index (χ1) is 7.17. The lowest BCUT2D eigenvalue weighted by atomic mass is 9.97. The molecule has 0 aromatic heterocycles. The fourth-order valence-electron chi connectivity index (χ4n) is 1.60. The van der Waals surface area contributed by atoms with Gasteiger partial charge in [0.15, 0.2) is 0 Å². The van der Waals surface area contributed by atoms with Gasteiger partial charge in [-0.05, 0) is 64.6 Å². The summed E-state index contributed by atoms with van der Waals surface area (Å²) in [7, 11) is 0. The maximum Gasteiger partial charge on any atom is 0.0136 e. The highest BCUT2D eigenvalue weighted by molar-refractivity contribution is 14.1. The van der Waals surface area contributed by atoms with E-state index in [4.69, 9.17) is 0 Å². The third-order valence-corrected chi connectivity index (χ3v) is 3.30. The minimum Gasteiger partial charge on any atom is -0.102 e. The Bertz CT molecular complexity index is 328. The maximum atomic E-state index is 3.86. The first kappa shape index (κ1) is 12.8. The van der Waals surface area contributed by atoms with Crippen molar-refractivity contribution in [1.29, 1.82) is 0 Å². The van der Waals surface area contributed by atoms with Crippen LogP contribution >= 0.6 is 22.6 Å². The molecule has 15 heavy (non-hydrogen) atoms. The summed E-state index contributed by atoms with van der Waals surface area (Å²) in [5.41, 5.74) is 2.86. The lowest BCUT2D eigenvalue weighted by Crippen LogP contribution is -1.94. The number of benzene rings is 1. The molecule has 1 unspecified atom stereocenters. The van der Waals surface area contributed by atoms with Crippen molar-refractivity contribution in [2.75, 3.05) is 0 Å². The van der Waals surface area contributed by atoms with Crippen molar-refractivity contribution in [3.8, 4) is 0 Å². The van der Waals surface area contributed by atoms with Gasteiger partial charge in [-0.3, -0.25) is 0 Å². The minimum absolute atomic E-state index is 0.458. The Kier molecular flexibility index (Phi) is 5.37. The number of unbranched alkanes of at least 4 members (excludes halogenated alkanes) is 1. The third kappa shape index (κ3) is 3.98. The van der Waals surface area contributed by atoms with Gasteiger partial charge >= 0.3 is 0 Å². The van der Waals surface area contributed by atoms with E-state index < -0.39 is 0 Å². The highest BCUT2D eigenvalue weighted by Gasteiger charge is 2.04. The van der Waals surface area contributed by atoms with Crippen LogP contribution in [0.25, 0.3) is 0 Å². The third-order valence-electron chi connectivity index (χ3n) is 2.68. The number of hydrogen-bond donors (Lipinski definition) is 0. The molecule has 0 aliphatic carbocycles. The predicted octanol–water partition coefficient (Wildman–Crippen LogP) is 4.92. The summed E-state index contributed by atoms with van der Waals surface area (Å²) < 4.78 is 1.34. The van der Waals surface area contributed by atoms with Crippen molar-refractivity contribution in [2.45, 2.75) is 39.0 Å². The molecular weight excluding hydrogens is 295 g/mol. The lowest BCUT2D eigenvalue weighted by Gasteiger charge is -2.10. The van der Waals surface area contributed by atoms with Gasteiger partial charge in [-0.2, -0.15) is 0 Å². The normalized spacial score (nSPS) is 12.5. The molecule has 1 atom stereocenters. The molecule has 0 fully saturated rings. The second-order valence-corrected chi connectivity index (χ2v) is 5.27. The van der Waals surface area contributed by atoms with Crippen molar-refractivity contribution < 1.29 is 0 Å². The van der Waals surface area contributed by atoms with E-state index in [1.807, 2.05) is 6.08 Å². The number of allylic oxidation sites excluding steroid dienone is 1. The summed E-state index contributed by atoms with van der Waals surface area (Å²) in [5.74, 6) is 0.458. The average molecular weight is 314 g/mol. The summed E-state index contributed by atoms with van der Waals surface area (Å²) in [5, 5.41) is 0. The number of rotatable bonds is 5. The molecule has 1 aromatic rings. The van der Waals surface area contributed by atoms with Crippen LogP contribution in [0.1, 0.15) is 43.7 Å². The molecule has 0 saturated heterocycles. The van der Waals surface area contributed by atoms with Crippen molar-refractivity contribution in [2.24, 2.45) is 0 Å². The van der Waals surface area contributed by atoms with Crippen LogP contribution in [0.2, 0.25) is 0 Å². The zero-order valence-corrected chi connectivity index (χ0v) is 11.8. The zero-order chi connectivity index (χ0) is 11.3. The first-order valence-electron chi connectivity index (χ1n) is 5.59. The van der Waals surface area contributed by atoms with Gasteiger partial charge in [0.25, 0.3) is 0 Å². The maximum absolute atomic E-state index is 3.86. The van der Waals surface area contributed by atoms with Gasteiger partial charge in [-0.15, -0.1) is 6.58 Å². The largest absolute Gasteiger partial charge is 0.102 e. The highest BCUT2D eigenvalue weighted by atomic mass is 127. The van der Waals surface area contributed by atoms with E-state index in [0.29, 0.717) is 5.92 Å². The molecule has 1 aromatic carbocycles. The fraction of sp³-hybridized carbons (Fsp3) is 0.429. The highest BCUT2D eigenvalue weighted by Crippen LogP contribution is 2.21. The average Bonchev–Trinajstić information content (AvgIpc) is 2.24. The van der Waals surface area contributed by atoms with Crippen LogP contribution in [-0.4, -0.2) is 0 Å². The van der Waals surface area contributed by atoms with Gasteiger partial charge in [0.2, 0.25) is 0 Å². The van der Waals surface area contributed by atoms with Crippen LogP contribution < -0.4 is 0 Å². The molecule has 0 saturated carbocycles. The Morgan fingerprint density at radius 2 is 2.13 bits per heavy atom. The molecule has 82 valence electrons. The van der Waals surface area contributed by atoms with Crippen LogP contribution in [0, 0.1) is 3.57 Å². The molecule has 0 spiro atoms. The molecule has 1 heteroatoms. The molecule has 1 rings (SSSR count). The summed E-state index contributed by atoms with van der Waals surface area (Å²) >= 11 is 2.40.